The van der Waals surface area contributed by atoms with Gasteiger partial charge >= 0.3 is 5.97 Å². The third-order valence-electron chi connectivity index (χ3n) is 3.83. The van der Waals surface area contributed by atoms with Crippen LogP contribution in [-0.2, 0) is 24.3 Å². The van der Waals surface area contributed by atoms with Crippen molar-refractivity contribution in [2.24, 2.45) is 0 Å². The molecule has 0 aliphatic heterocycles. The molecule has 29 heavy (non-hydrogen) atoms. The van der Waals surface area contributed by atoms with E-state index in [4.69, 9.17) is 9.47 Å². The molecule has 2 aromatic carbocycles. The van der Waals surface area contributed by atoms with E-state index in [0.717, 1.165) is 0 Å². The van der Waals surface area contributed by atoms with Crippen molar-refractivity contribution in [3.8, 4) is 5.75 Å². The van der Waals surface area contributed by atoms with Crippen LogP contribution in [0.5, 0.6) is 5.75 Å². The van der Waals surface area contributed by atoms with Crippen LogP contribution in [0.25, 0.3) is 0 Å². The van der Waals surface area contributed by atoms with Crippen molar-refractivity contribution in [2.45, 2.75) is 37.8 Å². The van der Waals surface area contributed by atoms with Crippen molar-refractivity contribution >= 4 is 27.6 Å². The van der Waals surface area contributed by atoms with Gasteiger partial charge in [0.25, 0.3) is 5.91 Å². The zero-order valence-electron chi connectivity index (χ0n) is 16.4. The second-order valence-electron chi connectivity index (χ2n) is 6.18. The third kappa shape index (κ3) is 6.58. The highest BCUT2D eigenvalue weighted by atomic mass is 32.2. The lowest BCUT2D eigenvalue weighted by Crippen LogP contribution is -2.42. The normalized spacial score (nSPS) is 13.2. The Hall–Kier alpha value is -2.91. The van der Waals surface area contributed by atoms with Crippen molar-refractivity contribution in [1.82, 2.24) is 4.72 Å². The molecule has 0 saturated heterocycles. The van der Waals surface area contributed by atoms with Gasteiger partial charge in [0.05, 0.1) is 11.5 Å². The van der Waals surface area contributed by atoms with Gasteiger partial charge in [-0.15, -0.1) is 0 Å². The molecule has 0 aliphatic carbocycles. The number of anilines is 1. The molecule has 2 rings (SSSR count). The second kappa shape index (κ2) is 10.0. The minimum absolute atomic E-state index is 0.0286. The van der Waals surface area contributed by atoms with E-state index in [1.807, 2.05) is 6.92 Å². The van der Waals surface area contributed by atoms with Gasteiger partial charge in [0, 0.05) is 5.69 Å². The maximum absolute atomic E-state index is 12.3. The second-order valence-corrected chi connectivity index (χ2v) is 7.90. The summed E-state index contributed by atoms with van der Waals surface area (Å²) >= 11 is 0. The highest BCUT2D eigenvalue weighted by Crippen LogP contribution is 2.16. The van der Waals surface area contributed by atoms with Gasteiger partial charge in [-0.25, -0.2) is 8.42 Å². The molecule has 0 heterocycles. The summed E-state index contributed by atoms with van der Waals surface area (Å²) < 4.78 is 37.2. The Morgan fingerprint density at radius 3 is 2.21 bits per heavy atom. The topological polar surface area (TPSA) is 111 Å². The molecule has 1 amide bonds. The maximum Gasteiger partial charge on any atom is 0.324 e. The summed E-state index contributed by atoms with van der Waals surface area (Å²) in [6, 6.07) is 13.2. The van der Waals surface area contributed by atoms with E-state index in [1.165, 1.54) is 26.0 Å². The summed E-state index contributed by atoms with van der Waals surface area (Å²) in [5.74, 6) is -0.732. The van der Waals surface area contributed by atoms with Gasteiger partial charge in [0.2, 0.25) is 10.0 Å². The summed E-state index contributed by atoms with van der Waals surface area (Å²) in [4.78, 5) is 24.4. The Morgan fingerprint density at radius 2 is 1.62 bits per heavy atom. The first-order chi connectivity index (χ1) is 13.7. The van der Waals surface area contributed by atoms with E-state index in [0.29, 0.717) is 18.0 Å². The fourth-order valence-corrected chi connectivity index (χ4v) is 3.54. The molecule has 2 atom stereocenters. The van der Waals surface area contributed by atoms with Crippen LogP contribution in [-0.4, -0.2) is 39.0 Å². The molecule has 1 unspecified atom stereocenters. The largest absolute Gasteiger partial charge is 0.494 e. The van der Waals surface area contributed by atoms with E-state index in [-0.39, 0.29) is 4.90 Å². The number of amides is 1. The molecule has 8 nitrogen and oxygen atoms in total. The average Bonchev–Trinajstić information content (AvgIpc) is 2.70. The quantitative estimate of drug-likeness (QED) is 0.603. The van der Waals surface area contributed by atoms with Crippen LogP contribution in [0, 0.1) is 0 Å². The van der Waals surface area contributed by atoms with E-state index >= 15 is 0 Å². The zero-order chi connectivity index (χ0) is 21.4. The van der Waals surface area contributed by atoms with Crippen molar-refractivity contribution in [2.75, 3.05) is 11.9 Å². The van der Waals surface area contributed by atoms with Gasteiger partial charge < -0.3 is 14.8 Å². The number of hydrogen-bond acceptors (Lipinski definition) is 6. The molecule has 2 aromatic rings. The summed E-state index contributed by atoms with van der Waals surface area (Å²) in [5.41, 5.74) is 0.513. The molecule has 9 heteroatoms. The highest BCUT2D eigenvalue weighted by Gasteiger charge is 2.26. The Balaban J connectivity index is 1.90. The molecule has 0 radical (unpaired) electrons. The van der Waals surface area contributed by atoms with E-state index in [9.17, 15) is 18.0 Å². The predicted molar refractivity (Wildman–Crippen MR) is 108 cm³/mol. The number of sulfonamides is 1. The van der Waals surface area contributed by atoms with Gasteiger partial charge in [-0.2, -0.15) is 4.72 Å². The van der Waals surface area contributed by atoms with Crippen LogP contribution in [0.4, 0.5) is 5.69 Å². The summed E-state index contributed by atoms with van der Waals surface area (Å²) in [7, 11) is -3.88. The number of carbonyl (C=O) groups excluding carboxylic acids is 2. The molecule has 156 valence electrons. The number of hydrogen-bond donors (Lipinski definition) is 2. The van der Waals surface area contributed by atoms with E-state index < -0.39 is 34.0 Å². The number of carbonyl (C=O) groups is 2. The minimum Gasteiger partial charge on any atom is -0.494 e. The van der Waals surface area contributed by atoms with Gasteiger partial charge in [0.1, 0.15) is 11.8 Å². The lowest BCUT2D eigenvalue weighted by molar-refractivity contribution is -0.154. The number of nitrogens with one attached hydrogen (secondary N) is 2. The van der Waals surface area contributed by atoms with Crippen molar-refractivity contribution < 1.29 is 27.5 Å². The highest BCUT2D eigenvalue weighted by molar-refractivity contribution is 7.89. The first-order valence-electron chi connectivity index (χ1n) is 9.04. The molecular weight excluding hydrogens is 396 g/mol. The van der Waals surface area contributed by atoms with Crippen LogP contribution in [0.1, 0.15) is 20.8 Å². The fourth-order valence-electron chi connectivity index (χ4n) is 2.32. The molecule has 0 fully saturated rings. The lowest BCUT2D eigenvalue weighted by Gasteiger charge is -2.17. The van der Waals surface area contributed by atoms with Crippen molar-refractivity contribution in [3.63, 3.8) is 0 Å². The van der Waals surface area contributed by atoms with Gasteiger partial charge in [-0.1, -0.05) is 18.2 Å². The standard InChI is InChI=1S/C20H24N2O6S/c1-4-27-17-12-10-16(11-13-17)21-19(23)15(3)28-20(24)14(2)22-29(25,26)18-8-6-5-7-9-18/h5-15,22H,4H2,1-3H3,(H,21,23)/t14-,15?/m0/s1. The van der Waals surface area contributed by atoms with E-state index in [2.05, 4.69) is 10.0 Å². The zero-order valence-corrected chi connectivity index (χ0v) is 17.2. The molecule has 0 saturated carbocycles. The van der Waals surface area contributed by atoms with Crippen LogP contribution in [0.15, 0.2) is 59.5 Å². The summed E-state index contributed by atoms with van der Waals surface area (Å²) in [6.45, 7) is 5.15. The van der Waals surface area contributed by atoms with Crippen LogP contribution in [0.3, 0.4) is 0 Å². The molecular formula is C20H24N2O6S. The van der Waals surface area contributed by atoms with Crippen LogP contribution < -0.4 is 14.8 Å². The number of esters is 1. The van der Waals surface area contributed by atoms with Gasteiger partial charge in [-0.05, 0) is 57.2 Å². The maximum atomic E-state index is 12.3. The average molecular weight is 420 g/mol. The van der Waals surface area contributed by atoms with Gasteiger partial charge in [0.15, 0.2) is 6.10 Å². The monoisotopic (exact) mass is 420 g/mol. The molecule has 0 bridgehead atoms. The SMILES string of the molecule is CCOc1ccc(NC(=O)C(C)OC(=O)[C@H](C)NS(=O)(=O)c2ccccc2)cc1. The Labute approximate surface area is 170 Å². The van der Waals surface area contributed by atoms with Crippen molar-refractivity contribution in [3.05, 3.63) is 54.6 Å². The molecule has 2 N–H and O–H groups in total. The van der Waals surface area contributed by atoms with E-state index in [1.54, 1.807) is 42.5 Å². The minimum atomic E-state index is -3.88. The molecule has 0 spiro atoms. The van der Waals surface area contributed by atoms with Crippen LogP contribution in [0.2, 0.25) is 0 Å². The van der Waals surface area contributed by atoms with Crippen LogP contribution >= 0.6 is 0 Å². The molecule has 0 aliphatic rings. The predicted octanol–water partition coefficient (Wildman–Crippen LogP) is 2.32. The van der Waals surface area contributed by atoms with Crippen molar-refractivity contribution in [1.29, 1.82) is 0 Å². The lowest BCUT2D eigenvalue weighted by atomic mass is 10.2. The Morgan fingerprint density at radius 1 is 1.00 bits per heavy atom. The third-order valence-corrected chi connectivity index (χ3v) is 5.39. The number of ether oxygens (including phenoxy) is 2. The summed E-state index contributed by atoms with van der Waals surface area (Å²) in [6.07, 6.45) is -1.11. The summed E-state index contributed by atoms with van der Waals surface area (Å²) in [5, 5.41) is 2.62. The fraction of sp³-hybridized carbons (Fsp3) is 0.300. The van der Waals surface area contributed by atoms with Gasteiger partial charge in [-0.3, -0.25) is 9.59 Å². The first kappa shape index (κ1) is 22.4. The smallest absolute Gasteiger partial charge is 0.324 e. The first-order valence-corrected chi connectivity index (χ1v) is 10.5. The number of rotatable bonds is 9. The number of benzene rings is 2. The molecule has 0 aromatic heterocycles. The Kier molecular flexibility index (Phi) is 7.74. The Bertz CT molecular complexity index is 929.